The Morgan fingerprint density at radius 1 is 1.14 bits per heavy atom. The average molecular weight is 254 g/mol. The maximum absolute atomic E-state index is 3.62. The highest BCUT2D eigenvalue weighted by Gasteiger charge is 2.15. The third kappa shape index (κ3) is 2.37. The second kappa shape index (κ2) is 4.94. The lowest BCUT2D eigenvalue weighted by Crippen LogP contribution is -2.20. The summed E-state index contributed by atoms with van der Waals surface area (Å²) in [5, 5.41) is 3.61. The highest BCUT2D eigenvalue weighted by Crippen LogP contribution is 2.28. The molecule has 1 saturated heterocycles. The van der Waals surface area contributed by atoms with Crippen LogP contribution in [0.15, 0.2) is 28.7 Å². The van der Waals surface area contributed by atoms with Crippen molar-refractivity contribution in [1.29, 1.82) is 0 Å². The fourth-order valence-corrected chi connectivity index (χ4v) is 2.61. The largest absolute Gasteiger partial charge is 0.310 e. The summed E-state index contributed by atoms with van der Waals surface area (Å²) in [6, 6.07) is 9.08. The van der Waals surface area contributed by atoms with Crippen molar-refractivity contribution in [3.63, 3.8) is 0 Å². The number of rotatable bonds is 1. The van der Waals surface area contributed by atoms with Crippen LogP contribution >= 0.6 is 15.9 Å². The van der Waals surface area contributed by atoms with Crippen LogP contribution in [0.2, 0.25) is 0 Å². The van der Waals surface area contributed by atoms with Gasteiger partial charge < -0.3 is 5.32 Å². The van der Waals surface area contributed by atoms with Gasteiger partial charge in [0.15, 0.2) is 0 Å². The first kappa shape index (κ1) is 10.2. The van der Waals surface area contributed by atoms with Crippen LogP contribution in [0.1, 0.15) is 37.3 Å². The molecule has 2 rings (SSSR count). The predicted octanol–water partition coefficient (Wildman–Crippen LogP) is 3.65. The van der Waals surface area contributed by atoms with Gasteiger partial charge in [0.25, 0.3) is 0 Å². The van der Waals surface area contributed by atoms with E-state index in [0.717, 1.165) is 6.54 Å². The van der Waals surface area contributed by atoms with E-state index in [1.54, 1.807) is 0 Å². The Morgan fingerprint density at radius 2 is 2.00 bits per heavy atom. The summed E-state index contributed by atoms with van der Waals surface area (Å²) in [5.41, 5.74) is 1.41. The Hall–Kier alpha value is -0.340. The van der Waals surface area contributed by atoms with Crippen molar-refractivity contribution in [2.24, 2.45) is 0 Å². The smallest absolute Gasteiger partial charge is 0.0331 e. The summed E-state index contributed by atoms with van der Waals surface area (Å²) in [6.07, 6.45) is 5.30. The summed E-state index contributed by atoms with van der Waals surface area (Å²) in [5.74, 6) is 0. The molecule has 1 aliphatic heterocycles. The lowest BCUT2D eigenvalue weighted by Gasteiger charge is -2.17. The third-order valence-corrected chi connectivity index (χ3v) is 3.56. The van der Waals surface area contributed by atoms with Gasteiger partial charge in [-0.15, -0.1) is 0 Å². The first-order chi connectivity index (χ1) is 6.88. The number of halogens is 1. The van der Waals surface area contributed by atoms with E-state index >= 15 is 0 Å². The van der Waals surface area contributed by atoms with Crippen molar-refractivity contribution in [3.8, 4) is 0 Å². The average Bonchev–Trinajstić information content (AvgIpc) is 2.47. The quantitative estimate of drug-likeness (QED) is 0.806. The van der Waals surface area contributed by atoms with E-state index in [0.29, 0.717) is 6.04 Å². The third-order valence-electron chi connectivity index (χ3n) is 2.84. The molecule has 1 nitrogen and oxygen atoms in total. The van der Waals surface area contributed by atoms with Crippen LogP contribution < -0.4 is 5.32 Å². The van der Waals surface area contributed by atoms with Crippen LogP contribution in [0.3, 0.4) is 0 Å². The molecule has 0 radical (unpaired) electrons. The molecule has 2 heteroatoms. The Balaban J connectivity index is 2.16. The highest BCUT2D eigenvalue weighted by atomic mass is 79.9. The first-order valence-electron chi connectivity index (χ1n) is 5.36. The molecule has 14 heavy (non-hydrogen) atoms. The molecule has 0 amide bonds. The van der Waals surface area contributed by atoms with Gasteiger partial charge in [0.2, 0.25) is 0 Å². The van der Waals surface area contributed by atoms with Crippen molar-refractivity contribution in [2.45, 2.75) is 31.7 Å². The first-order valence-corrected chi connectivity index (χ1v) is 6.15. The molecule has 1 atom stereocenters. The lowest BCUT2D eigenvalue weighted by atomic mass is 10.0. The van der Waals surface area contributed by atoms with Crippen molar-refractivity contribution >= 4 is 15.9 Å². The predicted molar refractivity (Wildman–Crippen MR) is 63.4 cm³/mol. The van der Waals surface area contributed by atoms with Gasteiger partial charge in [-0.05, 0) is 31.0 Å². The summed E-state index contributed by atoms with van der Waals surface area (Å²) in [4.78, 5) is 0. The molecular formula is C12H16BrN. The molecule has 1 fully saturated rings. The number of nitrogens with one attached hydrogen (secondary N) is 1. The monoisotopic (exact) mass is 253 g/mol. The zero-order valence-electron chi connectivity index (χ0n) is 8.30. The van der Waals surface area contributed by atoms with E-state index in [1.807, 2.05) is 0 Å². The minimum Gasteiger partial charge on any atom is -0.310 e. The lowest BCUT2D eigenvalue weighted by molar-refractivity contribution is 0.533. The molecule has 0 spiro atoms. The standard InChI is InChI=1S/C12H16BrN/c13-11-7-4-3-6-10(11)12-8-2-1-5-9-14-12/h3-4,6-7,12,14H,1-2,5,8-9H2/t12-/m1/s1. The Morgan fingerprint density at radius 3 is 2.86 bits per heavy atom. The zero-order valence-corrected chi connectivity index (χ0v) is 9.89. The molecule has 1 aliphatic rings. The van der Waals surface area contributed by atoms with Crippen molar-refractivity contribution < 1.29 is 0 Å². The summed E-state index contributed by atoms with van der Waals surface area (Å²) in [7, 11) is 0. The molecule has 1 N–H and O–H groups in total. The molecule has 0 aromatic heterocycles. The van der Waals surface area contributed by atoms with E-state index in [2.05, 4.69) is 45.5 Å². The van der Waals surface area contributed by atoms with E-state index in [1.165, 1.54) is 35.7 Å². The molecule has 0 saturated carbocycles. The second-order valence-corrected chi connectivity index (χ2v) is 4.73. The van der Waals surface area contributed by atoms with Gasteiger partial charge in [-0.25, -0.2) is 0 Å². The van der Waals surface area contributed by atoms with Crippen LogP contribution in [0.25, 0.3) is 0 Å². The molecular weight excluding hydrogens is 238 g/mol. The highest BCUT2D eigenvalue weighted by molar-refractivity contribution is 9.10. The summed E-state index contributed by atoms with van der Waals surface area (Å²) < 4.78 is 1.24. The molecule has 0 unspecified atom stereocenters. The van der Waals surface area contributed by atoms with Gasteiger partial charge in [-0.3, -0.25) is 0 Å². The maximum atomic E-state index is 3.62. The van der Waals surface area contributed by atoms with Crippen molar-refractivity contribution in [3.05, 3.63) is 34.3 Å². The van der Waals surface area contributed by atoms with Gasteiger partial charge in [0, 0.05) is 10.5 Å². The van der Waals surface area contributed by atoms with Crippen LogP contribution in [0.4, 0.5) is 0 Å². The normalized spacial score (nSPS) is 23.1. The van der Waals surface area contributed by atoms with Gasteiger partial charge in [-0.2, -0.15) is 0 Å². The number of hydrogen-bond donors (Lipinski definition) is 1. The van der Waals surface area contributed by atoms with E-state index in [4.69, 9.17) is 0 Å². The van der Waals surface area contributed by atoms with Crippen LogP contribution in [-0.4, -0.2) is 6.54 Å². The molecule has 76 valence electrons. The Labute approximate surface area is 94.0 Å². The van der Waals surface area contributed by atoms with Crippen molar-refractivity contribution in [1.82, 2.24) is 5.32 Å². The summed E-state index contributed by atoms with van der Waals surface area (Å²) in [6.45, 7) is 1.16. The minimum atomic E-state index is 0.549. The maximum Gasteiger partial charge on any atom is 0.0331 e. The molecule has 1 aromatic carbocycles. The van der Waals surface area contributed by atoms with Crippen LogP contribution in [0.5, 0.6) is 0 Å². The van der Waals surface area contributed by atoms with Gasteiger partial charge >= 0.3 is 0 Å². The van der Waals surface area contributed by atoms with Gasteiger partial charge in [0.1, 0.15) is 0 Å². The topological polar surface area (TPSA) is 12.0 Å². The van der Waals surface area contributed by atoms with Gasteiger partial charge in [0.05, 0.1) is 0 Å². The molecule has 1 heterocycles. The Kier molecular flexibility index (Phi) is 3.60. The van der Waals surface area contributed by atoms with E-state index in [-0.39, 0.29) is 0 Å². The zero-order chi connectivity index (χ0) is 9.80. The Bertz CT molecular complexity index is 290. The number of benzene rings is 1. The molecule has 0 aliphatic carbocycles. The fourth-order valence-electron chi connectivity index (χ4n) is 2.05. The SMILES string of the molecule is Brc1ccccc1[C@H]1CCCCCN1. The molecule has 0 bridgehead atoms. The minimum absolute atomic E-state index is 0.549. The van der Waals surface area contributed by atoms with Crippen molar-refractivity contribution in [2.75, 3.05) is 6.54 Å². The number of hydrogen-bond acceptors (Lipinski definition) is 1. The van der Waals surface area contributed by atoms with Crippen LogP contribution in [-0.2, 0) is 0 Å². The second-order valence-electron chi connectivity index (χ2n) is 3.88. The summed E-state index contributed by atoms with van der Waals surface area (Å²) >= 11 is 3.62. The fraction of sp³-hybridized carbons (Fsp3) is 0.500. The van der Waals surface area contributed by atoms with Gasteiger partial charge in [-0.1, -0.05) is 47.0 Å². The molecule has 1 aromatic rings. The van der Waals surface area contributed by atoms with E-state index in [9.17, 15) is 0 Å². The van der Waals surface area contributed by atoms with E-state index < -0.39 is 0 Å². The van der Waals surface area contributed by atoms with Crippen LogP contribution in [0, 0.1) is 0 Å².